The molecule has 1 aromatic carbocycles. The number of nitriles is 1. The Morgan fingerprint density at radius 2 is 2.12 bits per heavy atom. The third-order valence-electron chi connectivity index (χ3n) is 4.08. The van der Waals surface area contributed by atoms with Crippen molar-refractivity contribution in [1.29, 1.82) is 5.26 Å². The summed E-state index contributed by atoms with van der Waals surface area (Å²) < 4.78 is 23.5. The maximum absolute atomic E-state index is 11.7. The molecule has 1 atom stereocenters. The van der Waals surface area contributed by atoms with E-state index in [9.17, 15) is 8.42 Å². The van der Waals surface area contributed by atoms with E-state index in [0.717, 1.165) is 5.69 Å². The second-order valence-corrected chi connectivity index (χ2v) is 8.03. The van der Waals surface area contributed by atoms with Crippen LogP contribution in [0.25, 0.3) is 0 Å². The van der Waals surface area contributed by atoms with Gasteiger partial charge in [0.1, 0.15) is 0 Å². The van der Waals surface area contributed by atoms with Gasteiger partial charge in [-0.2, -0.15) is 15.3 Å². The summed E-state index contributed by atoms with van der Waals surface area (Å²) >= 11 is 0. The summed E-state index contributed by atoms with van der Waals surface area (Å²) in [7, 11) is -2.98. The summed E-state index contributed by atoms with van der Waals surface area (Å²) in [5.41, 5.74) is 1.35. The van der Waals surface area contributed by atoms with Crippen LogP contribution in [0.4, 0.5) is 17.5 Å². The second-order valence-electron chi connectivity index (χ2n) is 5.80. The highest BCUT2D eigenvalue weighted by Gasteiger charge is 2.33. The predicted octanol–water partition coefficient (Wildman–Crippen LogP) is 1.50. The predicted molar refractivity (Wildman–Crippen MR) is 94.3 cm³/mol. The summed E-state index contributed by atoms with van der Waals surface area (Å²) in [6.45, 7) is 2.54. The third kappa shape index (κ3) is 4.03. The summed E-state index contributed by atoms with van der Waals surface area (Å²) in [5.74, 6) is 1.24. The maximum Gasteiger partial charge on any atom is 0.247 e. The summed E-state index contributed by atoms with van der Waals surface area (Å²) in [4.78, 5) is 6.33. The van der Waals surface area contributed by atoms with E-state index in [1.165, 1.54) is 6.20 Å². The van der Waals surface area contributed by atoms with Crippen LogP contribution in [0.3, 0.4) is 0 Å². The first-order valence-corrected chi connectivity index (χ1v) is 9.77. The first-order chi connectivity index (χ1) is 12.0. The summed E-state index contributed by atoms with van der Waals surface area (Å²) in [5, 5.41) is 20.0. The molecule has 1 N–H and O–H groups in total. The minimum absolute atomic E-state index is 0.122. The van der Waals surface area contributed by atoms with Crippen molar-refractivity contribution in [3.63, 3.8) is 0 Å². The average Bonchev–Trinajstić information content (AvgIpc) is 2.96. The molecule has 1 aliphatic heterocycles. The van der Waals surface area contributed by atoms with Gasteiger partial charge in [-0.1, -0.05) is 0 Å². The van der Waals surface area contributed by atoms with Gasteiger partial charge in [0.15, 0.2) is 15.7 Å². The molecule has 0 aliphatic carbocycles. The van der Waals surface area contributed by atoms with Crippen LogP contribution in [0.5, 0.6) is 0 Å². The largest absolute Gasteiger partial charge is 0.339 e. The van der Waals surface area contributed by atoms with Crippen molar-refractivity contribution in [3.05, 3.63) is 36.0 Å². The Morgan fingerprint density at radius 1 is 1.36 bits per heavy atom. The van der Waals surface area contributed by atoms with Crippen molar-refractivity contribution in [2.45, 2.75) is 19.4 Å². The van der Waals surface area contributed by atoms with Crippen LogP contribution in [0.15, 0.2) is 30.5 Å². The zero-order chi connectivity index (χ0) is 17.9. The van der Waals surface area contributed by atoms with Crippen LogP contribution >= 0.6 is 0 Å². The third-order valence-corrected chi connectivity index (χ3v) is 5.83. The van der Waals surface area contributed by atoms with E-state index in [2.05, 4.69) is 26.6 Å². The molecule has 1 fully saturated rings. The lowest BCUT2D eigenvalue weighted by Gasteiger charge is -2.26. The van der Waals surface area contributed by atoms with Crippen LogP contribution < -0.4 is 10.2 Å². The van der Waals surface area contributed by atoms with Gasteiger partial charge in [0.05, 0.1) is 29.3 Å². The molecule has 1 saturated heterocycles. The Labute approximate surface area is 146 Å². The van der Waals surface area contributed by atoms with Gasteiger partial charge < -0.3 is 10.2 Å². The molecule has 2 heterocycles. The summed E-state index contributed by atoms with van der Waals surface area (Å²) in [6, 6.07) is 8.92. The van der Waals surface area contributed by atoms with Crippen molar-refractivity contribution in [2.24, 2.45) is 0 Å². The average molecular weight is 358 g/mol. The monoisotopic (exact) mass is 358 g/mol. The molecular weight excluding hydrogens is 340 g/mol. The minimum atomic E-state index is -2.98. The van der Waals surface area contributed by atoms with Gasteiger partial charge in [-0.05, 0) is 37.6 Å². The van der Waals surface area contributed by atoms with E-state index < -0.39 is 9.84 Å². The molecule has 0 spiro atoms. The number of aromatic nitrogens is 3. The maximum atomic E-state index is 11.7. The molecule has 9 heteroatoms. The van der Waals surface area contributed by atoms with Crippen molar-refractivity contribution < 1.29 is 8.42 Å². The molecule has 1 aromatic heterocycles. The zero-order valence-electron chi connectivity index (χ0n) is 13.8. The molecule has 0 bridgehead atoms. The number of benzene rings is 1. The van der Waals surface area contributed by atoms with Crippen LogP contribution in [-0.4, -0.2) is 47.7 Å². The number of nitrogens with one attached hydrogen (secondary N) is 1. The number of hydrogen-bond acceptors (Lipinski definition) is 8. The van der Waals surface area contributed by atoms with E-state index in [4.69, 9.17) is 5.26 Å². The first kappa shape index (κ1) is 17.1. The number of sulfone groups is 1. The van der Waals surface area contributed by atoms with Crippen LogP contribution in [0.1, 0.15) is 18.9 Å². The van der Waals surface area contributed by atoms with Crippen molar-refractivity contribution in [2.75, 3.05) is 28.3 Å². The number of hydrogen-bond donors (Lipinski definition) is 1. The van der Waals surface area contributed by atoms with Crippen LogP contribution in [0, 0.1) is 11.3 Å². The second kappa shape index (κ2) is 7.03. The van der Waals surface area contributed by atoms with Gasteiger partial charge in [-0.3, -0.25) is 0 Å². The van der Waals surface area contributed by atoms with E-state index in [-0.39, 0.29) is 17.5 Å². The molecule has 3 rings (SSSR count). The Morgan fingerprint density at radius 3 is 2.72 bits per heavy atom. The zero-order valence-corrected chi connectivity index (χ0v) is 14.6. The Balaban J connectivity index is 1.79. The molecule has 130 valence electrons. The van der Waals surface area contributed by atoms with Gasteiger partial charge in [0, 0.05) is 18.3 Å². The molecule has 0 saturated carbocycles. The highest BCUT2D eigenvalue weighted by Crippen LogP contribution is 2.22. The Hall–Kier alpha value is -2.73. The van der Waals surface area contributed by atoms with Crippen LogP contribution in [-0.2, 0) is 9.84 Å². The molecule has 1 unspecified atom stereocenters. The lowest BCUT2D eigenvalue weighted by Crippen LogP contribution is -2.37. The number of rotatable bonds is 5. The van der Waals surface area contributed by atoms with Gasteiger partial charge in [-0.15, -0.1) is 5.10 Å². The van der Waals surface area contributed by atoms with E-state index >= 15 is 0 Å². The number of anilines is 3. The molecule has 0 amide bonds. The van der Waals surface area contributed by atoms with E-state index in [1.807, 2.05) is 11.8 Å². The standard InChI is InChI=1S/C16H18N6O2S/c1-2-22(14-7-8-25(23,24)11-14)16-20-15(10-18-21-16)19-13-5-3-12(9-17)4-6-13/h3-6,10,14H,2,7-8,11H2,1H3,(H,19,20,21). The van der Waals surface area contributed by atoms with Gasteiger partial charge >= 0.3 is 0 Å². The van der Waals surface area contributed by atoms with Crippen molar-refractivity contribution in [1.82, 2.24) is 15.2 Å². The lowest BCUT2D eigenvalue weighted by atomic mass is 10.2. The van der Waals surface area contributed by atoms with Crippen LogP contribution in [0.2, 0.25) is 0 Å². The molecular formula is C16H18N6O2S. The fourth-order valence-electron chi connectivity index (χ4n) is 2.84. The van der Waals surface area contributed by atoms with Gasteiger partial charge in [-0.25, -0.2) is 8.42 Å². The quantitative estimate of drug-likeness (QED) is 0.856. The highest BCUT2D eigenvalue weighted by atomic mass is 32.2. The van der Waals surface area contributed by atoms with E-state index in [1.54, 1.807) is 24.3 Å². The highest BCUT2D eigenvalue weighted by molar-refractivity contribution is 7.91. The molecule has 8 nitrogen and oxygen atoms in total. The fourth-order valence-corrected chi connectivity index (χ4v) is 4.57. The number of nitrogens with zero attached hydrogens (tertiary/aromatic N) is 5. The normalized spacial score (nSPS) is 18.5. The van der Waals surface area contributed by atoms with Crippen molar-refractivity contribution >= 4 is 27.3 Å². The molecule has 2 aromatic rings. The minimum Gasteiger partial charge on any atom is -0.339 e. The Bertz CT molecular complexity index is 892. The van der Waals surface area contributed by atoms with Gasteiger partial charge in [0.25, 0.3) is 0 Å². The van der Waals surface area contributed by atoms with Crippen molar-refractivity contribution in [3.8, 4) is 6.07 Å². The SMILES string of the molecule is CCN(c1nncc(Nc2ccc(C#N)cc2)n1)C1CCS(=O)(=O)C1. The fraction of sp³-hybridized carbons (Fsp3) is 0.375. The topological polar surface area (TPSA) is 112 Å². The Kier molecular flexibility index (Phi) is 4.81. The smallest absolute Gasteiger partial charge is 0.247 e. The van der Waals surface area contributed by atoms with Gasteiger partial charge in [0.2, 0.25) is 5.95 Å². The van der Waals surface area contributed by atoms with E-state index in [0.29, 0.717) is 30.3 Å². The molecule has 0 radical (unpaired) electrons. The molecule has 25 heavy (non-hydrogen) atoms. The first-order valence-electron chi connectivity index (χ1n) is 7.94. The summed E-state index contributed by atoms with van der Waals surface area (Å²) in [6.07, 6.45) is 2.08. The lowest BCUT2D eigenvalue weighted by molar-refractivity contribution is 0.598. The molecule has 1 aliphatic rings.